The van der Waals surface area contributed by atoms with Gasteiger partial charge in [0.2, 0.25) is 0 Å². The van der Waals surface area contributed by atoms with Crippen LogP contribution < -0.4 is 20.3 Å². The molecule has 132 valence electrons. The third kappa shape index (κ3) is 4.44. The quantitative estimate of drug-likeness (QED) is 0.874. The Bertz CT molecular complexity index is 732. The molecule has 1 heterocycles. The van der Waals surface area contributed by atoms with Gasteiger partial charge in [-0.15, -0.1) is 0 Å². The molecule has 25 heavy (non-hydrogen) atoms. The highest BCUT2D eigenvalue weighted by Gasteiger charge is 2.24. The SMILES string of the molecule is COc1ccccc1N1CC[C@H](CNC(=O)Nc2cccc(C)c2)C1. The van der Waals surface area contributed by atoms with Crippen molar-refractivity contribution in [1.29, 1.82) is 0 Å². The number of hydrogen-bond donors (Lipinski definition) is 2. The lowest BCUT2D eigenvalue weighted by molar-refractivity contribution is 0.250. The Morgan fingerprint density at radius 3 is 2.88 bits per heavy atom. The first-order valence-corrected chi connectivity index (χ1v) is 8.65. The van der Waals surface area contributed by atoms with Gasteiger partial charge in [-0.25, -0.2) is 4.79 Å². The fourth-order valence-corrected chi connectivity index (χ4v) is 3.24. The molecule has 2 aromatic carbocycles. The van der Waals surface area contributed by atoms with Crippen molar-refractivity contribution in [2.45, 2.75) is 13.3 Å². The summed E-state index contributed by atoms with van der Waals surface area (Å²) < 4.78 is 5.45. The molecule has 1 fully saturated rings. The molecule has 1 aliphatic rings. The van der Waals surface area contributed by atoms with Crippen LogP contribution in [0.5, 0.6) is 5.75 Å². The summed E-state index contributed by atoms with van der Waals surface area (Å²) in [5.74, 6) is 1.33. The van der Waals surface area contributed by atoms with Crippen molar-refractivity contribution in [3.63, 3.8) is 0 Å². The van der Waals surface area contributed by atoms with E-state index >= 15 is 0 Å². The predicted octanol–water partition coefficient (Wildman–Crippen LogP) is 3.65. The number of anilines is 2. The van der Waals surface area contributed by atoms with Crippen molar-refractivity contribution >= 4 is 17.4 Å². The van der Waals surface area contributed by atoms with E-state index in [4.69, 9.17) is 4.74 Å². The average Bonchev–Trinajstić information content (AvgIpc) is 3.09. The molecule has 0 aromatic heterocycles. The number of aryl methyl sites for hydroxylation is 1. The molecule has 1 saturated heterocycles. The number of ether oxygens (including phenoxy) is 1. The molecule has 5 heteroatoms. The van der Waals surface area contributed by atoms with Crippen LogP contribution in [0, 0.1) is 12.8 Å². The number of urea groups is 1. The third-order valence-electron chi connectivity index (χ3n) is 4.54. The Morgan fingerprint density at radius 1 is 1.24 bits per heavy atom. The summed E-state index contributed by atoms with van der Waals surface area (Å²) in [7, 11) is 1.70. The van der Waals surface area contributed by atoms with Crippen molar-refractivity contribution in [3.05, 3.63) is 54.1 Å². The number of hydrogen-bond acceptors (Lipinski definition) is 3. The summed E-state index contributed by atoms with van der Waals surface area (Å²) in [6.45, 7) is 4.58. The lowest BCUT2D eigenvalue weighted by atomic mass is 10.1. The molecule has 0 radical (unpaired) electrons. The van der Waals surface area contributed by atoms with E-state index in [9.17, 15) is 4.79 Å². The van der Waals surface area contributed by atoms with E-state index in [0.717, 1.165) is 42.2 Å². The number of benzene rings is 2. The molecule has 2 N–H and O–H groups in total. The first-order chi connectivity index (χ1) is 12.2. The van der Waals surface area contributed by atoms with E-state index in [-0.39, 0.29) is 6.03 Å². The van der Waals surface area contributed by atoms with E-state index in [1.807, 2.05) is 49.4 Å². The molecule has 0 spiro atoms. The van der Waals surface area contributed by atoms with Crippen molar-refractivity contribution in [3.8, 4) is 5.75 Å². The number of nitrogens with one attached hydrogen (secondary N) is 2. The zero-order valence-electron chi connectivity index (χ0n) is 14.8. The zero-order chi connectivity index (χ0) is 17.6. The van der Waals surface area contributed by atoms with Gasteiger partial charge in [0.15, 0.2) is 0 Å². The minimum atomic E-state index is -0.152. The Morgan fingerprint density at radius 2 is 2.08 bits per heavy atom. The van der Waals surface area contributed by atoms with Gasteiger partial charge in [0.05, 0.1) is 12.8 Å². The molecule has 0 aliphatic carbocycles. The summed E-state index contributed by atoms with van der Waals surface area (Å²) in [6.07, 6.45) is 1.06. The predicted molar refractivity (Wildman–Crippen MR) is 102 cm³/mol. The van der Waals surface area contributed by atoms with Gasteiger partial charge in [0, 0.05) is 25.3 Å². The maximum Gasteiger partial charge on any atom is 0.319 e. The first-order valence-electron chi connectivity index (χ1n) is 8.65. The highest BCUT2D eigenvalue weighted by atomic mass is 16.5. The van der Waals surface area contributed by atoms with E-state index in [2.05, 4.69) is 21.6 Å². The fourth-order valence-electron chi connectivity index (χ4n) is 3.24. The minimum absolute atomic E-state index is 0.152. The second kappa shape index (κ2) is 7.92. The highest BCUT2D eigenvalue weighted by molar-refractivity contribution is 5.89. The third-order valence-corrected chi connectivity index (χ3v) is 4.54. The van der Waals surface area contributed by atoms with Crippen molar-refractivity contribution in [2.75, 3.05) is 37.0 Å². The normalized spacial score (nSPS) is 16.6. The number of amides is 2. The van der Waals surface area contributed by atoms with Crippen LogP contribution in [0.2, 0.25) is 0 Å². The maximum absolute atomic E-state index is 12.1. The van der Waals surface area contributed by atoms with Gasteiger partial charge in [-0.1, -0.05) is 24.3 Å². The molecule has 1 atom stereocenters. The van der Waals surface area contributed by atoms with Crippen molar-refractivity contribution in [1.82, 2.24) is 5.32 Å². The van der Waals surface area contributed by atoms with Crippen molar-refractivity contribution < 1.29 is 9.53 Å². The molecule has 1 aliphatic heterocycles. The summed E-state index contributed by atoms with van der Waals surface area (Å²) >= 11 is 0. The van der Waals surface area contributed by atoms with E-state index in [0.29, 0.717) is 12.5 Å². The molecule has 0 unspecified atom stereocenters. The second-order valence-corrected chi connectivity index (χ2v) is 6.48. The molecule has 2 amide bonds. The van der Waals surface area contributed by atoms with Crippen molar-refractivity contribution in [2.24, 2.45) is 5.92 Å². The number of carbonyl (C=O) groups is 1. The van der Waals surface area contributed by atoms with Crippen LogP contribution in [-0.4, -0.2) is 32.8 Å². The monoisotopic (exact) mass is 339 g/mol. The number of nitrogens with zero attached hydrogens (tertiary/aromatic N) is 1. The van der Waals surface area contributed by atoms with Crippen LogP contribution in [0.15, 0.2) is 48.5 Å². The molecular weight excluding hydrogens is 314 g/mol. The summed E-state index contributed by atoms with van der Waals surface area (Å²) in [5, 5.41) is 5.87. The number of para-hydroxylation sites is 2. The largest absolute Gasteiger partial charge is 0.495 e. The summed E-state index contributed by atoms with van der Waals surface area (Å²) in [5.41, 5.74) is 3.07. The topological polar surface area (TPSA) is 53.6 Å². The Balaban J connectivity index is 1.49. The van der Waals surface area contributed by atoms with Gasteiger partial charge in [-0.3, -0.25) is 0 Å². The second-order valence-electron chi connectivity index (χ2n) is 6.48. The fraction of sp³-hybridized carbons (Fsp3) is 0.350. The Hall–Kier alpha value is -2.69. The number of methoxy groups -OCH3 is 1. The molecule has 3 rings (SSSR count). The lowest BCUT2D eigenvalue weighted by Gasteiger charge is -2.21. The van der Waals surface area contributed by atoms with Crippen LogP contribution in [0.1, 0.15) is 12.0 Å². The van der Waals surface area contributed by atoms with E-state index < -0.39 is 0 Å². The molecule has 5 nitrogen and oxygen atoms in total. The Kier molecular flexibility index (Phi) is 5.43. The van der Waals surface area contributed by atoms with E-state index in [1.165, 1.54) is 0 Å². The zero-order valence-corrected chi connectivity index (χ0v) is 14.8. The van der Waals surface area contributed by atoms with Crippen LogP contribution in [-0.2, 0) is 0 Å². The first kappa shape index (κ1) is 17.1. The van der Waals surface area contributed by atoms with Crippen LogP contribution in [0.25, 0.3) is 0 Å². The van der Waals surface area contributed by atoms with Gasteiger partial charge in [-0.05, 0) is 49.1 Å². The molecular formula is C20H25N3O2. The summed E-state index contributed by atoms with van der Waals surface area (Å²) in [4.78, 5) is 14.4. The van der Waals surface area contributed by atoms with Crippen LogP contribution in [0.4, 0.5) is 16.2 Å². The van der Waals surface area contributed by atoms with Gasteiger partial charge in [-0.2, -0.15) is 0 Å². The Labute approximate surface area is 149 Å². The smallest absolute Gasteiger partial charge is 0.319 e. The molecule has 2 aromatic rings. The molecule has 0 saturated carbocycles. The lowest BCUT2D eigenvalue weighted by Crippen LogP contribution is -2.34. The van der Waals surface area contributed by atoms with Gasteiger partial charge < -0.3 is 20.3 Å². The maximum atomic E-state index is 12.1. The average molecular weight is 339 g/mol. The highest BCUT2D eigenvalue weighted by Crippen LogP contribution is 2.31. The number of carbonyl (C=O) groups excluding carboxylic acids is 1. The van der Waals surface area contributed by atoms with Gasteiger partial charge in [0.25, 0.3) is 0 Å². The number of rotatable bonds is 5. The summed E-state index contributed by atoms with van der Waals surface area (Å²) in [6, 6.07) is 15.7. The van der Waals surface area contributed by atoms with Crippen LogP contribution >= 0.6 is 0 Å². The van der Waals surface area contributed by atoms with E-state index in [1.54, 1.807) is 7.11 Å². The standard InChI is InChI=1S/C20H25N3O2/c1-15-6-5-7-17(12-15)22-20(24)21-13-16-10-11-23(14-16)18-8-3-4-9-19(18)25-2/h3-9,12,16H,10-11,13-14H2,1-2H3,(H2,21,22,24)/t16-/m1/s1. The molecule has 0 bridgehead atoms. The minimum Gasteiger partial charge on any atom is -0.495 e. The van der Waals surface area contributed by atoms with Gasteiger partial charge in [0.1, 0.15) is 5.75 Å². The van der Waals surface area contributed by atoms with Gasteiger partial charge >= 0.3 is 6.03 Å². The van der Waals surface area contributed by atoms with Crippen LogP contribution in [0.3, 0.4) is 0 Å².